The Labute approximate surface area is 157 Å². The van der Waals surface area contributed by atoms with Crippen LogP contribution in [0.15, 0.2) is 24.3 Å². The molecular weight excluding hydrogens is 342 g/mol. The van der Waals surface area contributed by atoms with Gasteiger partial charge in [-0.1, -0.05) is 19.1 Å². The van der Waals surface area contributed by atoms with Gasteiger partial charge in [0, 0.05) is 12.6 Å². The Morgan fingerprint density at radius 1 is 1.37 bits per heavy atom. The van der Waals surface area contributed by atoms with Crippen molar-refractivity contribution in [3.63, 3.8) is 0 Å². The number of rotatable bonds is 5. The second-order valence-electron chi connectivity index (χ2n) is 7.17. The molecule has 3 aromatic rings. The molecule has 3 N–H and O–H groups in total. The van der Waals surface area contributed by atoms with Gasteiger partial charge in [0.15, 0.2) is 5.65 Å². The van der Waals surface area contributed by atoms with Gasteiger partial charge in [-0.15, -0.1) is 0 Å². The molecule has 2 atom stereocenters. The fraction of sp³-hybridized carbons (Fsp3) is 0.450. The Bertz CT molecular complexity index is 991. The molecule has 27 heavy (non-hydrogen) atoms. The van der Waals surface area contributed by atoms with E-state index in [1.54, 1.807) is 0 Å². The SMILES string of the molecule is CC[C@H](C)NC(=O)c1c(N)n(C[C@@H]2CCCO2)c2nc3ccccc3nc12. The lowest BCUT2D eigenvalue weighted by molar-refractivity contribution is 0.0936. The first kappa shape index (κ1) is 17.7. The van der Waals surface area contributed by atoms with E-state index in [1.165, 1.54) is 0 Å². The molecule has 0 radical (unpaired) electrons. The minimum absolute atomic E-state index is 0.0573. The lowest BCUT2D eigenvalue weighted by Gasteiger charge is -2.14. The molecule has 0 bridgehead atoms. The lowest BCUT2D eigenvalue weighted by atomic mass is 10.2. The largest absolute Gasteiger partial charge is 0.384 e. The van der Waals surface area contributed by atoms with Crippen molar-refractivity contribution < 1.29 is 9.53 Å². The molecule has 1 aliphatic heterocycles. The number of nitrogens with zero attached hydrogens (tertiary/aromatic N) is 3. The molecule has 1 aromatic carbocycles. The van der Waals surface area contributed by atoms with Crippen molar-refractivity contribution in [3.8, 4) is 0 Å². The standard InChI is InChI=1S/C20H25N5O2/c1-3-12(2)22-20(26)16-17-19(24-15-9-5-4-8-14(15)23-17)25(18(16)21)11-13-7-6-10-27-13/h4-5,8-9,12-13H,3,6-7,10-11,21H2,1-2H3,(H,22,26)/t12-,13-/m0/s1. The number of hydrogen-bond donors (Lipinski definition) is 2. The molecule has 1 saturated heterocycles. The van der Waals surface area contributed by atoms with Crippen LogP contribution in [0.3, 0.4) is 0 Å². The third kappa shape index (κ3) is 3.23. The first-order valence-corrected chi connectivity index (χ1v) is 9.55. The van der Waals surface area contributed by atoms with Gasteiger partial charge < -0.3 is 20.4 Å². The second-order valence-corrected chi connectivity index (χ2v) is 7.17. The summed E-state index contributed by atoms with van der Waals surface area (Å²) in [6.45, 7) is 5.34. The summed E-state index contributed by atoms with van der Waals surface area (Å²) in [6.07, 6.45) is 2.95. The van der Waals surface area contributed by atoms with Gasteiger partial charge in [0.05, 0.1) is 23.7 Å². The van der Waals surface area contributed by atoms with Gasteiger partial charge in [-0.05, 0) is 38.3 Å². The van der Waals surface area contributed by atoms with Crippen LogP contribution in [0.2, 0.25) is 0 Å². The van der Waals surface area contributed by atoms with Crippen molar-refractivity contribution in [1.82, 2.24) is 19.9 Å². The Morgan fingerprint density at radius 2 is 2.11 bits per heavy atom. The maximum atomic E-state index is 12.9. The van der Waals surface area contributed by atoms with Crippen molar-refractivity contribution in [2.75, 3.05) is 12.3 Å². The van der Waals surface area contributed by atoms with E-state index in [-0.39, 0.29) is 18.1 Å². The summed E-state index contributed by atoms with van der Waals surface area (Å²) < 4.78 is 7.66. The average molecular weight is 367 g/mol. The maximum absolute atomic E-state index is 12.9. The molecule has 0 aliphatic carbocycles. The van der Waals surface area contributed by atoms with Crippen LogP contribution < -0.4 is 11.1 Å². The molecule has 0 saturated carbocycles. The number of aromatic nitrogens is 3. The topological polar surface area (TPSA) is 95.1 Å². The van der Waals surface area contributed by atoms with E-state index < -0.39 is 0 Å². The average Bonchev–Trinajstić information content (AvgIpc) is 3.27. The molecule has 1 fully saturated rings. The molecule has 142 valence electrons. The van der Waals surface area contributed by atoms with Gasteiger partial charge in [0.1, 0.15) is 16.9 Å². The molecule has 7 nitrogen and oxygen atoms in total. The number of nitrogens with one attached hydrogen (secondary N) is 1. The van der Waals surface area contributed by atoms with Crippen LogP contribution in [0.5, 0.6) is 0 Å². The van der Waals surface area contributed by atoms with Crippen LogP contribution in [0.4, 0.5) is 5.82 Å². The van der Waals surface area contributed by atoms with Gasteiger partial charge in [0.25, 0.3) is 5.91 Å². The third-order valence-electron chi connectivity index (χ3n) is 5.22. The Hall–Kier alpha value is -2.67. The molecule has 4 rings (SSSR count). The quantitative estimate of drug-likeness (QED) is 0.723. The van der Waals surface area contributed by atoms with Gasteiger partial charge in [-0.3, -0.25) is 4.79 Å². The molecule has 7 heteroatoms. The van der Waals surface area contributed by atoms with Crippen LogP contribution in [-0.4, -0.2) is 39.2 Å². The molecule has 0 unspecified atom stereocenters. The monoisotopic (exact) mass is 367 g/mol. The summed E-state index contributed by atoms with van der Waals surface area (Å²) in [7, 11) is 0. The van der Waals surface area contributed by atoms with E-state index in [0.29, 0.717) is 29.1 Å². The minimum atomic E-state index is -0.206. The number of ether oxygens (including phenoxy) is 1. The van der Waals surface area contributed by atoms with E-state index in [0.717, 1.165) is 36.9 Å². The summed E-state index contributed by atoms with van der Waals surface area (Å²) in [5.41, 5.74) is 9.56. The number of carbonyl (C=O) groups excluding carboxylic acids is 1. The highest BCUT2D eigenvalue weighted by Crippen LogP contribution is 2.29. The summed E-state index contributed by atoms with van der Waals surface area (Å²) in [5.74, 6) is 0.194. The zero-order chi connectivity index (χ0) is 19.0. The summed E-state index contributed by atoms with van der Waals surface area (Å²) in [5, 5.41) is 3.00. The highest BCUT2D eigenvalue weighted by atomic mass is 16.5. The van der Waals surface area contributed by atoms with E-state index in [1.807, 2.05) is 42.7 Å². The number of anilines is 1. The Kier molecular flexibility index (Phi) is 4.70. The number of para-hydroxylation sites is 2. The first-order valence-electron chi connectivity index (χ1n) is 9.55. The number of carbonyl (C=O) groups is 1. The number of nitrogens with two attached hydrogens (primary N) is 1. The number of benzene rings is 1. The predicted molar refractivity (Wildman–Crippen MR) is 106 cm³/mol. The van der Waals surface area contributed by atoms with Crippen molar-refractivity contribution in [2.24, 2.45) is 0 Å². The van der Waals surface area contributed by atoms with E-state index in [9.17, 15) is 4.79 Å². The summed E-state index contributed by atoms with van der Waals surface area (Å²) in [6, 6.07) is 7.71. The van der Waals surface area contributed by atoms with Crippen LogP contribution >= 0.6 is 0 Å². The Morgan fingerprint density at radius 3 is 2.78 bits per heavy atom. The molecule has 2 aromatic heterocycles. The smallest absolute Gasteiger partial charge is 0.257 e. The highest BCUT2D eigenvalue weighted by Gasteiger charge is 2.27. The van der Waals surface area contributed by atoms with Crippen LogP contribution in [0.25, 0.3) is 22.2 Å². The maximum Gasteiger partial charge on any atom is 0.257 e. The van der Waals surface area contributed by atoms with E-state index in [2.05, 4.69) is 5.32 Å². The number of amides is 1. The summed E-state index contributed by atoms with van der Waals surface area (Å²) >= 11 is 0. The number of hydrogen-bond acceptors (Lipinski definition) is 5. The minimum Gasteiger partial charge on any atom is -0.384 e. The van der Waals surface area contributed by atoms with Gasteiger partial charge in [-0.2, -0.15) is 0 Å². The van der Waals surface area contributed by atoms with Crippen molar-refractivity contribution >= 4 is 33.9 Å². The molecule has 3 heterocycles. The lowest BCUT2D eigenvalue weighted by Crippen LogP contribution is -2.32. The van der Waals surface area contributed by atoms with Crippen LogP contribution in [-0.2, 0) is 11.3 Å². The predicted octanol–water partition coefficient (Wildman–Crippen LogP) is 2.87. The van der Waals surface area contributed by atoms with Crippen molar-refractivity contribution in [2.45, 2.75) is 51.8 Å². The van der Waals surface area contributed by atoms with Crippen LogP contribution in [0.1, 0.15) is 43.5 Å². The van der Waals surface area contributed by atoms with Gasteiger partial charge in [-0.25, -0.2) is 9.97 Å². The fourth-order valence-corrected chi connectivity index (χ4v) is 3.52. The van der Waals surface area contributed by atoms with E-state index >= 15 is 0 Å². The first-order chi connectivity index (χ1) is 13.1. The van der Waals surface area contributed by atoms with Gasteiger partial charge >= 0.3 is 0 Å². The van der Waals surface area contributed by atoms with E-state index in [4.69, 9.17) is 20.4 Å². The fourth-order valence-electron chi connectivity index (χ4n) is 3.52. The summed E-state index contributed by atoms with van der Waals surface area (Å²) in [4.78, 5) is 22.4. The highest BCUT2D eigenvalue weighted by molar-refractivity contribution is 6.10. The molecule has 1 amide bonds. The second kappa shape index (κ2) is 7.15. The third-order valence-corrected chi connectivity index (χ3v) is 5.22. The normalized spacial score (nSPS) is 18.2. The van der Waals surface area contributed by atoms with Gasteiger partial charge in [0.2, 0.25) is 0 Å². The van der Waals surface area contributed by atoms with Crippen molar-refractivity contribution in [1.29, 1.82) is 0 Å². The molecule has 0 spiro atoms. The van der Waals surface area contributed by atoms with Crippen LogP contribution in [0, 0.1) is 0 Å². The zero-order valence-corrected chi connectivity index (χ0v) is 15.7. The molecule has 1 aliphatic rings. The Balaban J connectivity index is 1.88. The molecular formula is C20H25N5O2. The zero-order valence-electron chi connectivity index (χ0n) is 15.7. The number of fused-ring (bicyclic) bond motifs is 2. The number of nitrogen functional groups attached to an aromatic ring is 1. The van der Waals surface area contributed by atoms with Crippen molar-refractivity contribution in [3.05, 3.63) is 29.8 Å².